The smallest absolute Gasteiger partial charge is 0.186 e. The molecule has 42 heavy (non-hydrogen) atoms. The van der Waals surface area contributed by atoms with Gasteiger partial charge in [0.15, 0.2) is 5.78 Å². The number of Topliss-reactive ketones (excluding diaryl/α,β-unsaturated/α-hetero) is 1. The van der Waals surface area contributed by atoms with Gasteiger partial charge >= 0.3 is 0 Å². The molecule has 0 radical (unpaired) electrons. The molecular formula is C38H59NO3. The number of hydrogen-bond acceptors (Lipinski definition) is 4. The molecule has 2 aliphatic rings. The van der Waals surface area contributed by atoms with Crippen LogP contribution >= 0.6 is 0 Å². The Balaban J connectivity index is 2.63. The summed E-state index contributed by atoms with van der Waals surface area (Å²) in [5.74, 6) is 0.418. The maximum atomic E-state index is 14.0. The lowest BCUT2D eigenvalue weighted by molar-refractivity contribution is -0.214. The fourth-order valence-corrected chi connectivity index (χ4v) is 6.51. The predicted octanol–water partition coefficient (Wildman–Crippen LogP) is 9.78. The first kappa shape index (κ1) is 34.3. The van der Waals surface area contributed by atoms with E-state index in [0.717, 1.165) is 45.4 Å². The fraction of sp³-hybridized carbons (Fsp3) is 0.658. The first-order valence-corrected chi connectivity index (χ1v) is 15.7. The molecule has 1 heterocycles. The van der Waals surface area contributed by atoms with Gasteiger partial charge in [0.2, 0.25) is 0 Å². The van der Waals surface area contributed by atoms with Gasteiger partial charge in [0.1, 0.15) is 5.75 Å². The van der Waals surface area contributed by atoms with Crippen LogP contribution in [0.2, 0.25) is 0 Å². The van der Waals surface area contributed by atoms with Crippen molar-refractivity contribution >= 4 is 11.4 Å². The Morgan fingerprint density at radius 1 is 0.762 bits per heavy atom. The topological polar surface area (TPSA) is 60.8 Å². The maximum Gasteiger partial charge on any atom is 0.186 e. The van der Waals surface area contributed by atoms with Crippen LogP contribution in [-0.2, 0) is 15.6 Å². The zero-order valence-electron chi connectivity index (χ0n) is 29.6. The Hall–Kier alpha value is -2.17. The minimum absolute atomic E-state index is 0.0467. The van der Waals surface area contributed by atoms with Gasteiger partial charge in [-0.3, -0.25) is 4.79 Å². The zero-order chi connectivity index (χ0) is 32.6. The van der Waals surface area contributed by atoms with Gasteiger partial charge in [0, 0.05) is 40.3 Å². The van der Waals surface area contributed by atoms with Crippen molar-refractivity contribution in [2.45, 2.75) is 134 Å². The molecule has 1 fully saturated rings. The van der Waals surface area contributed by atoms with Crippen LogP contribution in [0.25, 0.3) is 5.57 Å². The van der Waals surface area contributed by atoms with Crippen molar-refractivity contribution in [1.29, 1.82) is 0 Å². The molecular weight excluding hydrogens is 518 g/mol. The van der Waals surface area contributed by atoms with Crippen LogP contribution in [0.4, 0.5) is 0 Å². The third kappa shape index (κ3) is 6.65. The maximum absolute atomic E-state index is 14.0. The molecule has 0 bridgehead atoms. The Labute approximate surface area is 256 Å². The second kappa shape index (κ2) is 10.5. The lowest BCUT2D eigenvalue weighted by atomic mass is 9.63. The van der Waals surface area contributed by atoms with Gasteiger partial charge in [0.05, 0.1) is 0 Å². The van der Waals surface area contributed by atoms with Gasteiger partial charge in [0.25, 0.3) is 0 Å². The number of nitrogens with zero attached hydrogens (tertiary/aromatic N) is 1. The normalized spacial score (nSPS) is 22.2. The van der Waals surface area contributed by atoms with Gasteiger partial charge in [-0.1, -0.05) is 96.9 Å². The number of benzene rings is 1. The first-order chi connectivity index (χ1) is 18.6. The molecule has 1 unspecified atom stereocenters. The summed E-state index contributed by atoms with van der Waals surface area (Å²) in [7, 11) is 0. The van der Waals surface area contributed by atoms with Crippen molar-refractivity contribution in [1.82, 2.24) is 5.06 Å². The van der Waals surface area contributed by atoms with Crippen molar-refractivity contribution < 1.29 is 15.1 Å². The quantitative estimate of drug-likeness (QED) is 0.367. The standard InChI is InChI=1S/C38H59NO3/c1-33(2,3)25-17-23(18-26(31(25)40)34(4,5)6)30(29-21-37(13,14)22-39(42)38(29,15)16)24-19-27(35(7,8)9)32(41)28(20-24)36(10,11)12/h17-20,29,40,42H,21-22H2,1-16H3. The van der Waals surface area contributed by atoms with E-state index in [1.807, 2.05) is 0 Å². The number of hydroxylamine groups is 2. The summed E-state index contributed by atoms with van der Waals surface area (Å²) in [6, 6.07) is 4.33. The van der Waals surface area contributed by atoms with Crippen LogP contribution in [0.3, 0.4) is 0 Å². The van der Waals surface area contributed by atoms with Crippen LogP contribution in [0.15, 0.2) is 41.0 Å². The summed E-state index contributed by atoms with van der Waals surface area (Å²) in [4.78, 5) is 14.0. The molecule has 1 aromatic rings. The number of phenolic OH excluding ortho intramolecular Hbond substituents is 1. The molecule has 4 heteroatoms. The van der Waals surface area contributed by atoms with Crippen molar-refractivity contribution in [3.63, 3.8) is 0 Å². The average Bonchev–Trinajstić information content (AvgIpc) is 2.75. The lowest BCUT2D eigenvalue weighted by Gasteiger charge is -2.52. The van der Waals surface area contributed by atoms with E-state index >= 15 is 0 Å². The monoisotopic (exact) mass is 577 g/mol. The Morgan fingerprint density at radius 2 is 1.17 bits per heavy atom. The molecule has 1 aliphatic heterocycles. The van der Waals surface area contributed by atoms with E-state index in [9.17, 15) is 15.1 Å². The highest BCUT2D eigenvalue weighted by molar-refractivity contribution is 6.12. The summed E-state index contributed by atoms with van der Waals surface area (Å²) < 4.78 is 0. The van der Waals surface area contributed by atoms with E-state index in [0.29, 0.717) is 12.3 Å². The minimum atomic E-state index is -0.563. The van der Waals surface area contributed by atoms with E-state index in [4.69, 9.17) is 0 Å². The third-order valence-corrected chi connectivity index (χ3v) is 9.25. The molecule has 0 spiro atoms. The van der Waals surface area contributed by atoms with Crippen molar-refractivity contribution in [3.05, 3.63) is 57.7 Å². The molecule has 2 N–H and O–H groups in total. The summed E-state index contributed by atoms with van der Waals surface area (Å²) in [6.45, 7) is 34.8. The van der Waals surface area contributed by atoms with Crippen LogP contribution in [0, 0.1) is 22.2 Å². The molecule has 0 aromatic heterocycles. The van der Waals surface area contributed by atoms with Crippen LogP contribution in [0.1, 0.15) is 134 Å². The van der Waals surface area contributed by atoms with E-state index < -0.39 is 5.54 Å². The van der Waals surface area contributed by atoms with Crippen LogP contribution < -0.4 is 0 Å². The number of carbonyl (C=O) groups excluding carboxylic acids is 1. The molecule has 1 aliphatic carbocycles. The highest BCUT2D eigenvalue weighted by atomic mass is 16.5. The SMILES string of the molecule is CC1(C)CC(C(=C2C=C(C(C)(C)C)C(=O)C(C(C)(C)C)=C2)c2cc(C(C)(C)C)c(O)c(C(C)(C)C)c2)C(C)(C)N(O)C1. The first-order valence-electron chi connectivity index (χ1n) is 15.7. The minimum Gasteiger partial charge on any atom is -0.507 e. The second-order valence-electron chi connectivity index (χ2n) is 18.4. The van der Waals surface area contributed by atoms with Gasteiger partial charge in [-0.25, -0.2) is 0 Å². The Bertz CT molecular complexity index is 1270. The molecule has 4 nitrogen and oxygen atoms in total. The second-order valence-corrected chi connectivity index (χ2v) is 18.4. The predicted molar refractivity (Wildman–Crippen MR) is 177 cm³/mol. The van der Waals surface area contributed by atoms with Gasteiger partial charge in [-0.05, 0) is 88.3 Å². The van der Waals surface area contributed by atoms with E-state index in [1.165, 1.54) is 5.06 Å². The van der Waals surface area contributed by atoms with E-state index in [-0.39, 0.29) is 38.8 Å². The summed E-state index contributed by atoms with van der Waals surface area (Å²) >= 11 is 0. The van der Waals surface area contributed by atoms with E-state index in [1.54, 1.807) is 0 Å². The molecule has 1 aromatic carbocycles. The molecule has 0 saturated carbocycles. The molecule has 0 amide bonds. The van der Waals surface area contributed by atoms with Gasteiger partial charge < -0.3 is 10.3 Å². The van der Waals surface area contributed by atoms with Crippen molar-refractivity contribution in [3.8, 4) is 5.75 Å². The van der Waals surface area contributed by atoms with Crippen LogP contribution in [-0.4, -0.2) is 33.2 Å². The summed E-state index contributed by atoms with van der Waals surface area (Å²) in [6.07, 6.45) is 5.11. The number of aromatic hydroxyl groups is 1. The molecule has 1 saturated heterocycles. The number of carbonyl (C=O) groups is 1. The highest BCUT2D eigenvalue weighted by Crippen LogP contribution is 2.52. The number of rotatable bonds is 2. The summed E-state index contributed by atoms with van der Waals surface area (Å²) in [5.41, 5.74) is 4.67. The lowest BCUT2D eigenvalue weighted by Crippen LogP contribution is -2.57. The Morgan fingerprint density at radius 3 is 1.52 bits per heavy atom. The molecule has 1 atom stereocenters. The molecule has 3 rings (SSSR count). The molecule has 234 valence electrons. The largest absolute Gasteiger partial charge is 0.507 e. The zero-order valence-corrected chi connectivity index (χ0v) is 29.6. The average molecular weight is 578 g/mol. The van der Waals surface area contributed by atoms with E-state index in [2.05, 4.69) is 135 Å². The van der Waals surface area contributed by atoms with Crippen molar-refractivity contribution in [2.24, 2.45) is 22.2 Å². The number of piperidine rings is 1. The summed E-state index contributed by atoms with van der Waals surface area (Å²) in [5, 5.41) is 24.6. The Kier molecular flexibility index (Phi) is 8.56. The third-order valence-electron chi connectivity index (χ3n) is 9.25. The fourth-order valence-electron chi connectivity index (χ4n) is 6.51. The van der Waals surface area contributed by atoms with Crippen LogP contribution in [0.5, 0.6) is 5.75 Å². The van der Waals surface area contributed by atoms with Gasteiger partial charge in [-0.2, -0.15) is 5.06 Å². The number of ketones is 1. The van der Waals surface area contributed by atoms with Gasteiger partial charge in [-0.15, -0.1) is 0 Å². The number of hydrogen-bond donors (Lipinski definition) is 2. The number of phenols is 1. The van der Waals surface area contributed by atoms with Crippen molar-refractivity contribution in [2.75, 3.05) is 6.54 Å². The number of allylic oxidation sites excluding steroid dienone is 5. The highest BCUT2D eigenvalue weighted by Gasteiger charge is 2.48.